The van der Waals surface area contributed by atoms with Gasteiger partial charge in [-0.25, -0.2) is 0 Å². The molecule has 2 heteroatoms. The molecule has 0 saturated heterocycles. The van der Waals surface area contributed by atoms with Gasteiger partial charge in [-0.3, -0.25) is 0 Å². The van der Waals surface area contributed by atoms with Crippen molar-refractivity contribution in [3.63, 3.8) is 0 Å². The average molecular weight is 594 g/mol. The Labute approximate surface area is 267 Å². The van der Waals surface area contributed by atoms with Crippen LogP contribution in [0.4, 0.5) is 17.1 Å². The summed E-state index contributed by atoms with van der Waals surface area (Å²) >= 11 is 1.87. The first kappa shape index (κ1) is 26.2. The van der Waals surface area contributed by atoms with Crippen LogP contribution in [0.15, 0.2) is 152 Å². The molecular formula is C43H31NS. The van der Waals surface area contributed by atoms with E-state index in [2.05, 4.69) is 170 Å². The Kier molecular flexibility index (Phi) is 5.78. The summed E-state index contributed by atoms with van der Waals surface area (Å²) < 4.78 is 2.64. The van der Waals surface area contributed by atoms with Crippen molar-refractivity contribution in [3.8, 4) is 22.3 Å². The van der Waals surface area contributed by atoms with Gasteiger partial charge in [0.05, 0.1) is 5.69 Å². The highest BCUT2D eigenvalue weighted by Crippen LogP contribution is 2.52. The first-order chi connectivity index (χ1) is 22.1. The van der Waals surface area contributed by atoms with E-state index < -0.39 is 0 Å². The SMILES string of the molecule is CC1(C)c2ccccc2-c2cc(N(c3ccc4ccccc4c3)c3ccccc3-c3cccc4sc5ccccc5c34)ccc21. The minimum atomic E-state index is -0.0359. The summed E-state index contributed by atoms with van der Waals surface area (Å²) in [5, 5.41) is 5.12. The predicted octanol–water partition coefficient (Wildman–Crippen LogP) is 12.7. The van der Waals surface area contributed by atoms with E-state index in [1.54, 1.807) is 0 Å². The summed E-state index contributed by atoms with van der Waals surface area (Å²) in [5.74, 6) is 0. The Bertz CT molecular complexity index is 2430. The van der Waals surface area contributed by atoms with Crippen LogP contribution in [0, 0.1) is 0 Å². The van der Waals surface area contributed by atoms with E-state index in [4.69, 9.17) is 0 Å². The van der Waals surface area contributed by atoms with E-state index in [1.165, 1.54) is 70.0 Å². The summed E-state index contributed by atoms with van der Waals surface area (Å²) in [6.45, 7) is 4.69. The molecule has 0 saturated carbocycles. The lowest BCUT2D eigenvalue weighted by molar-refractivity contribution is 0.660. The number of thiophene rings is 1. The van der Waals surface area contributed by atoms with Gasteiger partial charge < -0.3 is 4.90 Å². The molecule has 9 rings (SSSR count). The largest absolute Gasteiger partial charge is 0.310 e. The van der Waals surface area contributed by atoms with Crippen molar-refractivity contribution >= 4 is 59.3 Å². The highest BCUT2D eigenvalue weighted by molar-refractivity contribution is 7.25. The number of para-hydroxylation sites is 1. The molecule has 0 spiro atoms. The fraction of sp³-hybridized carbons (Fsp3) is 0.0698. The van der Waals surface area contributed by atoms with Gasteiger partial charge in [-0.1, -0.05) is 123 Å². The zero-order chi connectivity index (χ0) is 30.1. The molecule has 0 bridgehead atoms. The molecule has 1 aliphatic carbocycles. The third kappa shape index (κ3) is 3.99. The van der Waals surface area contributed by atoms with E-state index in [0.717, 1.165) is 11.4 Å². The Morgan fingerprint density at radius 2 is 1.11 bits per heavy atom. The monoisotopic (exact) mass is 593 g/mol. The second-order valence-corrected chi connectivity index (χ2v) is 13.6. The van der Waals surface area contributed by atoms with Crippen LogP contribution in [0.5, 0.6) is 0 Å². The third-order valence-corrected chi connectivity index (χ3v) is 10.8. The van der Waals surface area contributed by atoms with Crippen LogP contribution < -0.4 is 4.90 Å². The van der Waals surface area contributed by atoms with E-state index in [-0.39, 0.29) is 5.41 Å². The quantitative estimate of drug-likeness (QED) is 0.196. The summed E-state index contributed by atoms with van der Waals surface area (Å²) in [6.07, 6.45) is 0. The van der Waals surface area contributed by atoms with Crippen molar-refractivity contribution in [1.82, 2.24) is 0 Å². The van der Waals surface area contributed by atoms with Crippen molar-refractivity contribution < 1.29 is 0 Å². The first-order valence-corrected chi connectivity index (χ1v) is 16.4. The Morgan fingerprint density at radius 3 is 2.02 bits per heavy atom. The fourth-order valence-corrected chi connectivity index (χ4v) is 8.62. The van der Waals surface area contributed by atoms with Gasteiger partial charge in [-0.2, -0.15) is 0 Å². The number of anilines is 3. The van der Waals surface area contributed by atoms with Gasteiger partial charge in [0, 0.05) is 42.5 Å². The van der Waals surface area contributed by atoms with Gasteiger partial charge in [0.1, 0.15) is 0 Å². The van der Waals surface area contributed by atoms with Crippen LogP contribution >= 0.6 is 11.3 Å². The van der Waals surface area contributed by atoms with Crippen molar-refractivity contribution in [2.75, 3.05) is 4.90 Å². The first-order valence-electron chi connectivity index (χ1n) is 15.6. The molecule has 0 amide bonds. The van der Waals surface area contributed by atoms with Crippen LogP contribution in [-0.2, 0) is 5.41 Å². The zero-order valence-electron chi connectivity index (χ0n) is 25.3. The number of nitrogens with zero attached hydrogens (tertiary/aromatic N) is 1. The van der Waals surface area contributed by atoms with E-state index in [9.17, 15) is 0 Å². The van der Waals surface area contributed by atoms with Crippen molar-refractivity contribution in [3.05, 3.63) is 163 Å². The van der Waals surface area contributed by atoms with Crippen LogP contribution in [0.25, 0.3) is 53.2 Å². The molecule has 1 aliphatic rings. The number of rotatable bonds is 4. The Morgan fingerprint density at radius 1 is 0.467 bits per heavy atom. The van der Waals surface area contributed by atoms with E-state index in [1.807, 2.05) is 11.3 Å². The molecule has 0 radical (unpaired) electrons. The molecule has 45 heavy (non-hydrogen) atoms. The summed E-state index contributed by atoms with van der Waals surface area (Å²) in [6, 6.07) is 55.9. The second kappa shape index (κ2) is 9.92. The summed E-state index contributed by atoms with van der Waals surface area (Å²) in [7, 11) is 0. The van der Waals surface area contributed by atoms with Gasteiger partial charge in [0.2, 0.25) is 0 Å². The highest BCUT2D eigenvalue weighted by atomic mass is 32.1. The van der Waals surface area contributed by atoms with E-state index in [0.29, 0.717) is 0 Å². The Hall–Kier alpha value is -5.18. The fourth-order valence-electron chi connectivity index (χ4n) is 7.49. The molecule has 0 atom stereocenters. The lowest BCUT2D eigenvalue weighted by Gasteiger charge is -2.29. The maximum Gasteiger partial charge on any atom is 0.0540 e. The lowest BCUT2D eigenvalue weighted by atomic mass is 9.82. The van der Waals surface area contributed by atoms with Crippen LogP contribution in [0.2, 0.25) is 0 Å². The highest BCUT2D eigenvalue weighted by Gasteiger charge is 2.35. The molecule has 1 aromatic heterocycles. The molecule has 7 aromatic carbocycles. The summed E-state index contributed by atoms with van der Waals surface area (Å²) in [4.78, 5) is 2.46. The molecule has 214 valence electrons. The van der Waals surface area contributed by atoms with Crippen molar-refractivity contribution in [2.24, 2.45) is 0 Å². The molecule has 1 heterocycles. The molecule has 8 aromatic rings. The number of fused-ring (bicyclic) bond motifs is 7. The molecule has 0 unspecified atom stereocenters. The number of hydrogen-bond donors (Lipinski definition) is 0. The van der Waals surface area contributed by atoms with Crippen LogP contribution in [-0.4, -0.2) is 0 Å². The summed E-state index contributed by atoms with van der Waals surface area (Å²) in [5.41, 5.74) is 11.4. The normalized spacial score (nSPS) is 13.3. The number of benzene rings is 7. The maximum absolute atomic E-state index is 2.46. The second-order valence-electron chi connectivity index (χ2n) is 12.6. The molecule has 0 N–H and O–H groups in total. The van der Waals surface area contributed by atoms with Crippen molar-refractivity contribution in [1.29, 1.82) is 0 Å². The predicted molar refractivity (Wildman–Crippen MR) is 195 cm³/mol. The van der Waals surface area contributed by atoms with Gasteiger partial charge in [-0.05, 0) is 81.1 Å². The van der Waals surface area contributed by atoms with Crippen molar-refractivity contribution in [2.45, 2.75) is 19.3 Å². The standard InChI is InChI=1S/C43H31NS/c1-43(2)37-18-8-5-14-32(37)36-27-31(24-25-38(36)43)44(30-23-22-28-12-3-4-13-29(28)26-30)39-19-9-6-15-33(39)34-17-11-21-41-42(34)35-16-7-10-20-40(35)45-41/h3-27H,1-2H3. The smallest absolute Gasteiger partial charge is 0.0540 e. The van der Waals surface area contributed by atoms with Gasteiger partial charge in [-0.15, -0.1) is 11.3 Å². The van der Waals surface area contributed by atoms with E-state index >= 15 is 0 Å². The lowest BCUT2D eigenvalue weighted by Crippen LogP contribution is -2.15. The zero-order valence-corrected chi connectivity index (χ0v) is 26.1. The minimum Gasteiger partial charge on any atom is -0.310 e. The topological polar surface area (TPSA) is 3.24 Å². The molecule has 0 fully saturated rings. The maximum atomic E-state index is 2.46. The van der Waals surface area contributed by atoms with Crippen LogP contribution in [0.3, 0.4) is 0 Å². The number of hydrogen-bond acceptors (Lipinski definition) is 2. The molecule has 0 aliphatic heterocycles. The van der Waals surface area contributed by atoms with Gasteiger partial charge in [0.15, 0.2) is 0 Å². The van der Waals surface area contributed by atoms with Gasteiger partial charge >= 0.3 is 0 Å². The molecular weight excluding hydrogens is 563 g/mol. The minimum absolute atomic E-state index is 0.0359. The van der Waals surface area contributed by atoms with Gasteiger partial charge in [0.25, 0.3) is 0 Å². The van der Waals surface area contributed by atoms with Crippen LogP contribution in [0.1, 0.15) is 25.0 Å². The molecule has 1 nitrogen and oxygen atoms in total. The average Bonchev–Trinajstić information content (AvgIpc) is 3.57. The Balaban J connectivity index is 1.32. The third-order valence-electron chi connectivity index (χ3n) is 9.65.